The monoisotopic (exact) mass is 177 g/mol. The lowest BCUT2D eigenvalue weighted by molar-refractivity contribution is -0.102. The van der Waals surface area contributed by atoms with E-state index >= 15 is 0 Å². The molecule has 0 unspecified atom stereocenters. The second kappa shape index (κ2) is 5.09. The third-order valence-corrected chi connectivity index (χ3v) is 1.45. The first kappa shape index (κ1) is 9.45. The van der Waals surface area contributed by atoms with E-state index in [0.29, 0.717) is 18.6 Å². The summed E-state index contributed by atoms with van der Waals surface area (Å²) in [6.45, 7) is 1.99. The molecule has 3 nitrogen and oxygen atoms in total. The molecule has 68 valence electrons. The van der Waals surface area contributed by atoms with Crippen molar-refractivity contribution < 1.29 is 9.63 Å². The van der Waals surface area contributed by atoms with E-state index in [0.717, 1.165) is 5.56 Å². The van der Waals surface area contributed by atoms with Crippen LogP contribution in [-0.4, -0.2) is 12.0 Å². The van der Waals surface area contributed by atoms with Crippen LogP contribution in [0.4, 0.5) is 0 Å². The zero-order valence-corrected chi connectivity index (χ0v) is 7.43. The summed E-state index contributed by atoms with van der Waals surface area (Å²) in [6.07, 6.45) is 0.658. The zero-order chi connectivity index (χ0) is 9.52. The molecule has 0 aliphatic rings. The number of rotatable bonds is 4. The lowest BCUT2D eigenvalue weighted by Crippen LogP contribution is -1.94. The minimum absolute atomic E-state index is 0.343. The van der Waals surface area contributed by atoms with E-state index in [9.17, 15) is 4.79 Å². The molecule has 13 heavy (non-hydrogen) atoms. The normalized spacial score (nSPS) is 11.0. The number of hydrogen-bond donors (Lipinski definition) is 0. The first-order valence-corrected chi connectivity index (χ1v) is 3.98. The van der Waals surface area contributed by atoms with Gasteiger partial charge in [0, 0.05) is 0 Å². The summed E-state index contributed by atoms with van der Waals surface area (Å²) in [4.78, 5) is 15.1. The van der Waals surface area contributed by atoms with Crippen LogP contribution >= 0.6 is 0 Å². The quantitative estimate of drug-likeness (QED) is 0.399. The predicted octanol–water partition coefficient (Wildman–Crippen LogP) is 1.78. The molecule has 1 aromatic carbocycles. The van der Waals surface area contributed by atoms with Crippen molar-refractivity contribution in [2.45, 2.75) is 13.5 Å². The van der Waals surface area contributed by atoms with Gasteiger partial charge in [-0.15, -0.1) is 0 Å². The molecule has 0 atom stereocenters. The number of carbonyl (C=O) groups excluding carboxylic acids is 1. The SMILES string of the molecule is C/C(C=O)=N/OCc1ccccc1. The van der Waals surface area contributed by atoms with Crippen molar-refractivity contribution >= 4 is 12.0 Å². The summed E-state index contributed by atoms with van der Waals surface area (Å²) in [5, 5.41) is 3.59. The second-order valence-corrected chi connectivity index (χ2v) is 2.61. The number of carbonyl (C=O) groups is 1. The van der Waals surface area contributed by atoms with Crippen molar-refractivity contribution in [2.75, 3.05) is 0 Å². The first-order chi connectivity index (χ1) is 6.33. The van der Waals surface area contributed by atoms with Crippen molar-refractivity contribution in [1.29, 1.82) is 0 Å². The van der Waals surface area contributed by atoms with Gasteiger partial charge in [0.05, 0.1) is 0 Å². The van der Waals surface area contributed by atoms with Gasteiger partial charge in [0.25, 0.3) is 0 Å². The van der Waals surface area contributed by atoms with Crippen LogP contribution in [0.3, 0.4) is 0 Å². The highest BCUT2D eigenvalue weighted by Gasteiger charge is 1.90. The smallest absolute Gasteiger partial charge is 0.167 e. The fraction of sp³-hybridized carbons (Fsp3) is 0.200. The highest BCUT2D eigenvalue weighted by Crippen LogP contribution is 2.00. The van der Waals surface area contributed by atoms with Gasteiger partial charge in [-0.3, -0.25) is 4.79 Å². The highest BCUT2D eigenvalue weighted by molar-refractivity contribution is 6.26. The van der Waals surface area contributed by atoms with Crippen LogP contribution < -0.4 is 0 Å². The van der Waals surface area contributed by atoms with Crippen LogP contribution in [0.25, 0.3) is 0 Å². The lowest BCUT2D eigenvalue weighted by atomic mass is 10.2. The number of hydrogen-bond acceptors (Lipinski definition) is 3. The number of aldehydes is 1. The van der Waals surface area contributed by atoms with Crippen molar-refractivity contribution in [3.05, 3.63) is 35.9 Å². The summed E-state index contributed by atoms with van der Waals surface area (Å²) in [7, 11) is 0. The maximum Gasteiger partial charge on any atom is 0.167 e. The van der Waals surface area contributed by atoms with E-state index < -0.39 is 0 Å². The van der Waals surface area contributed by atoms with Crippen molar-refractivity contribution in [1.82, 2.24) is 0 Å². The molecule has 1 rings (SSSR count). The highest BCUT2D eigenvalue weighted by atomic mass is 16.6. The van der Waals surface area contributed by atoms with Crippen LogP contribution in [0.1, 0.15) is 12.5 Å². The zero-order valence-electron chi connectivity index (χ0n) is 7.43. The Labute approximate surface area is 77.0 Å². The van der Waals surface area contributed by atoms with Gasteiger partial charge in [-0.25, -0.2) is 0 Å². The van der Waals surface area contributed by atoms with E-state index in [1.165, 1.54) is 0 Å². The molecule has 1 aromatic rings. The first-order valence-electron chi connectivity index (χ1n) is 3.98. The van der Waals surface area contributed by atoms with Crippen LogP contribution in [-0.2, 0) is 16.2 Å². The molecule has 0 fully saturated rings. The Morgan fingerprint density at radius 2 is 2.15 bits per heavy atom. The van der Waals surface area contributed by atoms with Gasteiger partial charge in [0.15, 0.2) is 6.29 Å². The van der Waals surface area contributed by atoms with E-state index in [1.807, 2.05) is 30.3 Å². The van der Waals surface area contributed by atoms with Gasteiger partial charge in [-0.05, 0) is 12.5 Å². The maximum atomic E-state index is 10.1. The summed E-state index contributed by atoms with van der Waals surface area (Å²) in [5.74, 6) is 0. The fourth-order valence-electron chi connectivity index (χ4n) is 0.804. The average molecular weight is 177 g/mol. The van der Waals surface area contributed by atoms with Gasteiger partial charge >= 0.3 is 0 Å². The molecule has 0 saturated carbocycles. The van der Waals surface area contributed by atoms with E-state index in [4.69, 9.17) is 4.84 Å². The molecule has 0 spiro atoms. The Morgan fingerprint density at radius 3 is 2.77 bits per heavy atom. The van der Waals surface area contributed by atoms with E-state index in [1.54, 1.807) is 6.92 Å². The van der Waals surface area contributed by atoms with Crippen molar-refractivity contribution in [3.8, 4) is 0 Å². The minimum atomic E-state index is 0.343. The Balaban J connectivity index is 2.40. The molecule has 0 N–H and O–H groups in total. The third-order valence-electron chi connectivity index (χ3n) is 1.45. The van der Waals surface area contributed by atoms with Gasteiger partial charge in [-0.2, -0.15) is 0 Å². The molecule has 0 aliphatic carbocycles. The summed E-state index contributed by atoms with van der Waals surface area (Å²) < 4.78 is 0. The molecule has 0 bridgehead atoms. The molecule has 3 heteroatoms. The molecule has 0 heterocycles. The number of oxime groups is 1. The number of nitrogens with zero attached hydrogens (tertiary/aromatic N) is 1. The van der Waals surface area contributed by atoms with Crippen molar-refractivity contribution in [3.63, 3.8) is 0 Å². The van der Waals surface area contributed by atoms with Gasteiger partial charge in [-0.1, -0.05) is 35.5 Å². The molecule has 0 aliphatic heterocycles. The van der Waals surface area contributed by atoms with Crippen LogP contribution in [0, 0.1) is 0 Å². The molecule has 0 amide bonds. The Morgan fingerprint density at radius 1 is 1.46 bits per heavy atom. The Bertz CT molecular complexity index is 293. The topological polar surface area (TPSA) is 38.7 Å². The van der Waals surface area contributed by atoms with Crippen LogP contribution in [0.15, 0.2) is 35.5 Å². The average Bonchev–Trinajstić information content (AvgIpc) is 2.19. The third kappa shape index (κ3) is 3.51. The van der Waals surface area contributed by atoms with Gasteiger partial charge < -0.3 is 4.84 Å². The van der Waals surface area contributed by atoms with Crippen molar-refractivity contribution in [2.24, 2.45) is 5.16 Å². The maximum absolute atomic E-state index is 10.1. The summed E-state index contributed by atoms with van der Waals surface area (Å²) in [6, 6.07) is 9.66. The Kier molecular flexibility index (Phi) is 3.70. The molecule has 0 saturated heterocycles. The predicted molar refractivity (Wildman–Crippen MR) is 50.4 cm³/mol. The molecule has 0 aromatic heterocycles. The van der Waals surface area contributed by atoms with Gasteiger partial charge in [0.2, 0.25) is 0 Å². The molecular formula is C10H11NO2. The summed E-state index contributed by atoms with van der Waals surface area (Å²) in [5.41, 5.74) is 1.38. The molecular weight excluding hydrogens is 166 g/mol. The second-order valence-electron chi connectivity index (χ2n) is 2.61. The Hall–Kier alpha value is -1.64. The number of benzene rings is 1. The van der Waals surface area contributed by atoms with Gasteiger partial charge in [0.1, 0.15) is 12.3 Å². The van der Waals surface area contributed by atoms with E-state index in [2.05, 4.69) is 5.16 Å². The molecule has 0 radical (unpaired) electrons. The summed E-state index contributed by atoms with van der Waals surface area (Å²) >= 11 is 0. The van der Waals surface area contributed by atoms with E-state index in [-0.39, 0.29) is 0 Å². The van der Waals surface area contributed by atoms with Crippen LogP contribution in [0.5, 0.6) is 0 Å². The van der Waals surface area contributed by atoms with Crippen LogP contribution in [0.2, 0.25) is 0 Å². The standard InChI is InChI=1S/C10H11NO2/c1-9(7-12)11-13-8-10-5-3-2-4-6-10/h2-7H,8H2,1H3/b11-9-. The fourth-order valence-corrected chi connectivity index (χ4v) is 0.804. The lowest BCUT2D eigenvalue weighted by Gasteiger charge is -1.98. The largest absolute Gasteiger partial charge is 0.391 e. The minimum Gasteiger partial charge on any atom is -0.391 e.